The molecule has 3 aliphatic heterocycles. The lowest BCUT2D eigenvalue weighted by atomic mass is 9.95. The molecule has 2 fully saturated rings. The van der Waals surface area contributed by atoms with E-state index in [-0.39, 0.29) is 35.9 Å². The van der Waals surface area contributed by atoms with Crippen LogP contribution >= 0.6 is 22.9 Å². The highest BCUT2D eigenvalue weighted by molar-refractivity contribution is 7.11. The number of thiazole rings is 1. The topological polar surface area (TPSA) is 137 Å². The molecule has 3 aliphatic rings. The average molecular weight is 669 g/mol. The zero-order chi connectivity index (χ0) is 32.4. The molecule has 46 heavy (non-hydrogen) atoms. The fourth-order valence-electron chi connectivity index (χ4n) is 5.85. The fourth-order valence-corrected chi connectivity index (χ4v) is 6.71. The molecule has 2 saturated heterocycles. The predicted molar refractivity (Wildman–Crippen MR) is 168 cm³/mol. The molecule has 0 saturated carbocycles. The number of nitrogens with zero attached hydrogens (tertiary/aromatic N) is 5. The minimum atomic E-state index is -1.03. The summed E-state index contributed by atoms with van der Waals surface area (Å²) in [5.74, 6) is -1.67. The Hall–Kier alpha value is -4.37. The molecule has 4 heterocycles. The quantitative estimate of drug-likeness (QED) is 0.310. The van der Waals surface area contributed by atoms with Crippen molar-refractivity contribution in [2.75, 3.05) is 51.3 Å². The maximum Gasteiger partial charge on any atom is 0.338 e. The number of ether oxygens (including phenoxy) is 2. The number of halogens is 2. The van der Waals surface area contributed by atoms with Crippen LogP contribution in [-0.2, 0) is 25.7 Å². The Kier molecular flexibility index (Phi) is 9.31. The van der Waals surface area contributed by atoms with Crippen molar-refractivity contribution in [3.05, 3.63) is 92.3 Å². The Balaban J connectivity index is 1.22. The SMILES string of the molecule is COC(=O)C1=C(CN2CCN3C(=O)N(c4ccc(COCC(=O)O)cc4)C[C@@H]3C2)NC(c2nccs2)=N[C@H]1c1ccc(F)cc1Cl. The number of methoxy groups -OCH3 is 1. The van der Waals surface area contributed by atoms with Gasteiger partial charge in [-0.2, -0.15) is 0 Å². The first-order chi connectivity index (χ1) is 22.2. The Bertz CT molecular complexity index is 1700. The largest absolute Gasteiger partial charge is 0.480 e. The van der Waals surface area contributed by atoms with Gasteiger partial charge in [-0.25, -0.2) is 23.8 Å². The number of aliphatic carboxylic acids is 1. The monoisotopic (exact) mass is 668 g/mol. The molecule has 3 aromatic rings. The molecule has 1 aromatic heterocycles. The first-order valence-corrected chi connectivity index (χ1v) is 15.7. The molecule has 0 radical (unpaired) electrons. The normalized spacial score (nSPS) is 20.0. The molecular formula is C31H30ClFN6O6S. The maximum absolute atomic E-state index is 14.0. The fraction of sp³-hybridized carbons (Fsp3) is 0.323. The van der Waals surface area contributed by atoms with Gasteiger partial charge in [0.2, 0.25) is 0 Å². The van der Waals surface area contributed by atoms with Crippen molar-refractivity contribution in [3.8, 4) is 0 Å². The third kappa shape index (κ3) is 6.60. The first kappa shape index (κ1) is 31.6. The standard InChI is InChI=1S/C31H30ClFN6O6S/c1-44-30(42)26-24(35-28(29-34-8-11-46-29)36-27(26)22-7-4-19(33)12-23(22)32)15-37-9-10-38-21(13-37)14-39(31(38)43)20-5-2-18(3-6-20)16-45-17-25(40)41/h2-8,11-12,21,27H,9-10,13-17H2,1H3,(H,35,36)(H,40,41)/t21-,27-/m0/s1. The Morgan fingerprint density at radius 1 is 1.17 bits per heavy atom. The summed E-state index contributed by atoms with van der Waals surface area (Å²) in [5, 5.41) is 14.7. The molecule has 0 aliphatic carbocycles. The van der Waals surface area contributed by atoms with Gasteiger partial charge in [0, 0.05) is 66.3 Å². The van der Waals surface area contributed by atoms with E-state index >= 15 is 0 Å². The Labute approximate surface area is 272 Å². The summed E-state index contributed by atoms with van der Waals surface area (Å²) in [4.78, 5) is 52.3. The number of urea groups is 1. The third-order valence-corrected chi connectivity index (χ3v) is 9.09. The number of carbonyl (C=O) groups excluding carboxylic acids is 2. The summed E-state index contributed by atoms with van der Waals surface area (Å²) >= 11 is 7.86. The van der Waals surface area contributed by atoms with E-state index in [0.717, 1.165) is 11.3 Å². The summed E-state index contributed by atoms with van der Waals surface area (Å²) in [6, 6.07) is 10.2. The highest BCUT2D eigenvalue weighted by Crippen LogP contribution is 2.37. The van der Waals surface area contributed by atoms with E-state index in [1.165, 1.54) is 36.6 Å². The van der Waals surface area contributed by atoms with Gasteiger partial charge in [-0.05, 0) is 29.8 Å². The average Bonchev–Trinajstić information content (AvgIpc) is 3.69. The molecule has 2 N–H and O–H groups in total. The molecule has 2 atom stereocenters. The van der Waals surface area contributed by atoms with E-state index in [0.29, 0.717) is 54.8 Å². The lowest BCUT2D eigenvalue weighted by molar-refractivity contribution is -0.142. The van der Waals surface area contributed by atoms with Gasteiger partial charge >= 0.3 is 18.0 Å². The number of carboxylic acids is 1. The third-order valence-electron chi connectivity index (χ3n) is 7.98. The first-order valence-electron chi connectivity index (χ1n) is 14.4. The highest BCUT2D eigenvalue weighted by Gasteiger charge is 2.42. The van der Waals surface area contributed by atoms with Gasteiger partial charge in [0.05, 0.1) is 25.3 Å². The zero-order valence-corrected chi connectivity index (χ0v) is 26.3. The van der Waals surface area contributed by atoms with E-state index in [1.807, 2.05) is 34.5 Å². The van der Waals surface area contributed by atoms with Crippen molar-refractivity contribution >= 4 is 52.4 Å². The molecule has 2 aromatic carbocycles. The number of fused-ring (bicyclic) bond motifs is 1. The van der Waals surface area contributed by atoms with Crippen molar-refractivity contribution in [2.24, 2.45) is 4.99 Å². The van der Waals surface area contributed by atoms with E-state index in [1.54, 1.807) is 11.1 Å². The van der Waals surface area contributed by atoms with Crippen LogP contribution in [0.1, 0.15) is 22.2 Å². The van der Waals surface area contributed by atoms with E-state index < -0.39 is 23.8 Å². The number of carbonyl (C=O) groups is 3. The molecule has 15 heteroatoms. The second-order valence-electron chi connectivity index (χ2n) is 10.9. The number of amidine groups is 1. The minimum absolute atomic E-state index is 0.0889. The number of hydrogen-bond acceptors (Lipinski definition) is 10. The number of amides is 2. The van der Waals surface area contributed by atoms with Crippen LogP contribution in [0.25, 0.3) is 0 Å². The lowest BCUT2D eigenvalue weighted by Crippen LogP contribution is -2.53. The molecule has 6 rings (SSSR count). The van der Waals surface area contributed by atoms with E-state index in [4.69, 9.17) is 31.2 Å². The lowest BCUT2D eigenvalue weighted by Gasteiger charge is -2.38. The molecular weight excluding hydrogens is 639 g/mol. The number of esters is 1. The summed E-state index contributed by atoms with van der Waals surface area (Å²) in [6.07, 6.45) is 1.66. The van der Waals surface area contributed by atoms with Crippen molar-refractivity contribution < 1.29 is 33.4 Å². The second kappa shape index (κ2) is 13.5. The number of anilines is 1. The van der Waals surface area contributed by atoms with Crippen LogP contribution in [0.3, 0.4) is 0 Å². The van der Waals surface area contributed by atoms with Crippen LogP contribution in [0, 0.1) is 5.82 Å². The van der Waals surface area contributed by atoms with Crippen molar-refractivity contribution in [2.45, 2.75) is 18.7 Å². The molecule has 2 amide bonds. The number of piperazine rings is 1. The number of aliphatic imine (C=N–C) groups is 1. The minimum Gasteiger partial charge on any atom is -0.480 e. The van der Waals surface area contributed by atoms with Crippen LogP contribution in [0.2, 0.25) is 5.02 Å². The predicted octanol–water partition coefficient (Wildman–Crippen LogP) is 3.68. The van der Waals surface area contributed by atoms with Crippen LogP contribution < -0.4 is 10.2 Å². The smallest absolute Gasteiger partial charge is 0.338 e. The van der Waals surface area contributed by atoms with Crippen LogP contribution in [0.15, 0.2) is 70.3 Å². The molecule has 0 unspecified atom stereocenters. The second-order valence-corrected chi connectivity index (χ2v) is 12.2. The molecule has 12 nitrogen and oxygen atoms in total. The van der Waals surface area contributed by atoms with Crippen LogP contribution in [0.5, 0.6) is 0 Å². The summed E-state index contributed by atoms with van der Waals surface area (Å²) in [6.45, 7) is 2.17. The maximum atomic E-state index is 14.0. The Morgan fingerprint density at radius 2 is 1.98 bits per heavy atom. The van der Waals surface area contributed by atoms with Crippen molar-refractivity contribution in [3.63, 3.8) is 0 Å². The van der Waals surface area contributed by atoms with Crippen LogP contribution in [-0.4, -0.2) is 96.2 Å². The number of hydrogen-bond donors (Lipinski definition) is 2. The van der Waals surface area contributed by atoms with Gasteiger partial charge in [-0.15, -0.1) is 11.3 Å². The van der Waals surface area contributed by atoms with Gasteiger partial charge in [-0.1, -0.05) is 29.8 Å². The van der Waals surface area contributed by atoms with E-state index in [9.17, 15) is 18.8 Å². The van der Waals surface area contributed by atoms with Crippen molar-refractivity contribution in [1.29, 1.82) is 0 Å². The van der Waals surface area contributed by atoms with Crippen LogP contribution in [0.4, 0.5) is 14.9 Å². The van der Waals surface area contributed by atoms with Gasteiger partial charge < -0.3 is 24.8 Å². The summed E-state index contributed by atoms with van der Waals surface area (Å²) in [7, 11) is 1.30. The summed E-state index contributed by atoms with van der Waals surface area (Å²) in [5.41, 5.74) is 2.82. The molecule has 240 valence electrons. The number of benzene rings is 2. The van der Waals surface area contributed by atoms with Crippen molar-refractivity contribution in [1.82, 2.24) is 20.1 Å². The Morgan fingerprint density at radius 3 is 2.67 bits per heavy atom. The highest BCUT2D eigenvalue weighted by atomic mass is 35.5. The van der Waals surface area contributed by atoms with Gasteiger partial charge in [0.25, 0.3) is 0 Å². The number of aromatic nitrogens is 1. The zero-order valence-electron chi connectivity index (χ0n) is 24.7. The van der Waals surface area contributed by atoms with Gasteiger partial charge in [0.15, 0.2) is 10.8 Å². The number of carboxylic acid groups (broad SMARTS) is 1. The van der Waals surface area contributed by atoms with E-state index in [2.05, 4.69) is 15.2 Å². The molecule has 0 bridgehead atoms. The van der Waals surface area contributed by atoms with Gasteiger partial charge in [0.1, 0.15) is 18.5 Å². The molecule has 0 spiro atoms. The number of rotatable bonds is 10. The van der Waals surface area contributed by atoms with Gasteiger partial charge in [-0.3, -0.25) is 14.8 Å². The number of nitrogens with one attached hydrogen (secondary N) is 1. The summed E-state index contributed by atoms with van der Waals surface area (Å²) < 4.78 is 24.3.